The van der Waals surface area contributed by atoms with E-state index in [-0.39, 0.29) is 6.04 Å². The average molecular weight is 196 g/mol. The molecule has 1 rings (SSSR count). The van der Waals surface area contributed by atoms with Crippen molar-refractivity contribution in [2.24, 2.45) is 11.1 Å². The Morgan fingerprint density at radius 2 is 2.14 bits per heavy atom. The highest BCUT2D eigenvalue weighted by molar-refractivity contribution is 5.08. The molecule has 0 aliphatic rings. The highest BCUT2D eigenvalue weighted by Gasteiger charge is 2.17. The Morgan fingerprint density at radius 1 is 1.50 bits per heavy atom. The van der Waals surface area contributed by atoms with Gasteiger partial charge in [0, 0.05) is 0 Å². The normalized spacial score (nSPS) is 14.4. The molecule has 0 radical (unpaired) electrons. The van der Waals surface area contributed by atoms with Crippen LogP contribution in [0.5, 0.6) is 0 Å². The molecule has 1 heterocycles. The van der Waals surface area contributed by atoms with Crippen LogP contribution in [0.25, 0.3) is 0 Å². The Labute approximate surface area is 85.7 Å². The van der Waals surface area contributed by atoms with Gasteiger partial charge in [0.15, 0.2) is 6.39 Å². The number of hydrogen-bond donors (Lipinski definition) is 1. The topological polar surface area (TPSA) is 52.0 Å². The van der Waals surface area contributed by atoms with Crippen LogP contribution in [0.15, 0.2) is 10.8 Å². The lowest BCUT2D eigenvalue weighted by Crippen LogP contribution is -2.15. The summed E-state index contributed by atoms with van der Waals surface area (Å²) in [7, 11) is 0. The molecule has 14 heavy (non-hydrogen) atoms. The van der Waals surface area contributed by atoms with Gasteiger partial charge >= 0.3 is 0 Å². The number of aromatic nitrogens is 1. The van der Waals surface area contributed by atoms with Crippen LogP contribution in [0.2, 0.25) is 0 Å². The van der Waals surface area contributed by atoms with Crippen molar-refractivity contribution in [3.05, 3.63) is 17.8 Å². The molecule has 3 heteroatoms. The smallest absolute Gasteiger partial charge is 0.181 e. The van der Waals surface area contributed by atoms with E-state index in [9.17, 15) is 0 Å². The summed E-state index contributed by atoms with van der Waals surface area (Å²) in [6.45, 7) is 8.57. The van der Waals surface area contributed by atoms with Crippen molar-refractivity contribution < 1.29 is 4.42 Å². The standard InChI is InChI=1S/C11H20N2O/c1-8-10(14-7-13-8)9(12)5-6-11(2,3)4/h7,9H,5-6,12H2,1-4H3. The minimum absolute atomic E-state index is 0.0169. The molecule has 80 valence electrons. The number of nitrogens with two attached hydrogens (primary N) is 1. The fourth-order valence-electron chi connectivity index (χ4n) is 1.39. The molecule has 0 aliphatic heterocycles. The van der Waals surface area contributed by atoms with Crippen LogP contribution < -0.4 is 5.73 Å². The van der Waals surface area contributed by atoms with Gasteiger partial charge in [-0.3, -0.25) is 0 Å². The van der Waals surface area contributed by atoms with Crippen LogP contribution in [0.3, 0.4) is 0 Å². The van der Waals surface area contributed by atoms with Crippen LogP contribution in [0, 0.1) is 12.3 Å². The summed E-state index contributed by atoms with van der Waals surface area (Å²) in [4.78, 5) is 4.04. The number of rotatable bonds is 3. The summed E-state index contributed by atoms with van der Waals surface area (Å²) in [6.07, 6.45) is 3.50. The quantitative estimate of drug-likeness (QED) is 0.808. The first-order valence-electron chi connectivity index (χ1n) is 5.06. The van der Waals surface area contributed by atoms with Crippen LogP contribution in [0.4, 0.5) is 0 Å². The van der Waals surface area contributed by atoms with E-state index in [1.807, 2.05) is 6.92 Å². The first-order chi connectivity index (χ1) is 6.40. The van der Waals surface area contributed by atoms with Gasteiger partial charge in [-0.1, -0.05) is 20.8 Å². The molecular formula is C11H20N2O. The second-order valence-corrected chi connectivity index (χ2v) is 5.01. The fourth-order valence-corrected chi connectivity index (χ4v) is 1.39. The van der Waals surface area contributed by atoms with Gasteiger partial charge in [-0.15, -0.1) is 0 Å². The van der Waals surface area contributed by atoms with Crippen molar-refractivity contribution in [2.45, 2.75) is 46.6 Å². The molecule has 0 spiro atoms. The highest BCUT2D eigenvalue weighted by Crippen LogP contribution is 2.26. The maximum absolute atomic E-state index is 6.01. The van der Waals surface area contributed by atoms with Gasteiger partial charge in [0.25, 0.3) is 0 Å². The molecule has 3 nitrogen and oxygen atoms in total. The van der Waals surface area contributed by atoms with Gasteiger partial charge in [-0.05, 0) is 25.2 Å². The Bertz CT molecular complexity index is 286. The Hall–Kier alpha value is -0.830. The molecule has 1 aromatic heterocycles. The van der Waals surface area contributed by atoms with Gasteiger partial charge in [0.2, 0.25) is 0 Å². The zero-order chi connectivity index (χ0) is 10.8. The summed E-state index contributed by atoms with van der Waals surface area (Å²) in [5.74, 6) is 0.828. The van der Waals surface area contributed by atoms with Crippen molar-refractivity contribution in [3.8, 4) is 0 Å². The van der Waals surface area contributed by atoms with E-state index in [0.717, 1.165) is 24.3 Å². The molecule has 0 aliphatic carbocycles. The fraction of sp³-hybridized carbons (Fsp3) is 0.727. The lowest BCUT2D eigenvalue weighted by molar-refractivity contribution is 0.334. The van der Waals surface area contributed by atoms with Gasteiger partial charge in [0.05, 0.1) is 11.7 Å². The van der Waals surface area contributed by atoms with E-state index in [1.54, 1.807) is 0 Å². The van der Waals surface area contributed by atoms with Crippen molar-refractivity contribution >= 4 is 0 Å². The number of aryl methyl sites for hydroxylation is 1. The molecule has 1 aromatic rings. The molecule has 0 bridgehead atoms. The van der Waals surface area contributed by atoms with Crippen molar-refractivity contribution in [1.29, 1.82) is 0 Å². The monoisotopic (exact) mass is 196 g/mol. The molecule has 1 unspecified atom stereocenters. The molecule has 0 amide bonds. The predicted octanol–water partition coefficient (Wildman–Crippen LogP) is 2.81. The molecule has 0 fully saturated rings. The van der Waals surface area contributed by atoms with E-state index in [4.69, 9.17) is 10.2 Å². The second kappa shape index (κ2) is 4.13. The molecule has 0 saturated carbocycles. The maximum atomic E-state index is 6.01. The molecule has 2 N–H and O–H groups in total. The van der Waals surface area contributed by atoms with Crippen LogP contribution in [0.1, 0.15) is 51.1 Å². The zero-order valence-electron chi connectivity index (χ0n) is 9.50. The number of hydrogen-bond acceptors (Lipinski definition) is 3. The second-order valence-electron chi connectivity index (χ2n) is 5.01. The predicted molar refractivity (Wildman–Crippen MR) is 56.9 cm³/mol. The summed E-state index contributed by atoms with van der Waals surface area (Å²) < 4.78 is 5.26. The average Bonchev–Trinajstić information content (AvgIpc) is 2.46. The lowest BCUT2D eigenvalue weighted by atomic mass is 9.88. The van der Waals surface area contributed by atoms with Gasteiger partial charge < -0.3 is 10.2 Å². The summed E-state index contributed by atoms with van der Waals surface area (Å²) in [5.41, 5.74) is 7.25. The Morgan fingerprint density at radius 3 is 2.57 bits per heavy atom. The number of nitrogens with zero attached hydrogens (tertiary/aromatic N) is 1. The van der Waals surface area contributed by atoms with Gasteiger partial charge in [-0.25, -0.2) is 4.98 Å². The molecule has 0 saturated heterocycles. The van der Waals surface area contributed by atoms with Gasteiger partial charge in [0.1, 0.15) is 5.76 Å². The minimum Gasteiger partial charge on any atom is -0.447 e. The van der Waals surface area contributed by atoms with E-state index >= 15 is 0 Å². The molecule has 1 atom stereocenters. The van der Waals surface area contributed by atoms with Crippen LogP contribution in [-0.4, -0.2) is 4.98 Å². The lowest BCUT2D eigenvalue weighted by Gasteiger charge is -2.19. The first-order valence-corrected chi connectivity index (χ1v) is 5.06. The van der Waals surface area contributed by atoms with E-state index in [2.05, 4.69) is 25.8 Å². The summed E-state index contributed by atoms with van der Waals surface area (Å²) >= 11 is 0. The number of oxazole rings is 1. The van der Waals surface area contributed by atoms with Crippen LogP contribution in [-0.2, 0) is 0 Å². The third-order valence-corrected chi connectivity index (χ3v) is 2.32. The Balaban J connectivity index is 2.51. The SMILES string of the molecule is Cc1ncoc1C(N)CCC(C)(C)C. The summed E-state index contributed by atoms with van der Waals surface area (Å²) in [6, 6.07) is -0.0169. The Kier molecular flexibility index (Phi) is 3.32. The largest absolute Gasteiger partial charge is 0.447 e. The van der Waals surface area contributed by atoms with Crippen molar-refractivity contribution in [2.75, 3.05) is 0 Å². The maximum Gasteiger partial charge on any atom is 0.181 e. The van der Waals surface area contributed by atoms with Crippen molar-refractivity contribution in [1.82, 2.24) is 4.98 Å². The first kappa shape index (κ1) is 11.2. The third kappa shape index (κ3) is 3.14. The molecular weight excluding hydrogens is 176 g/mol. The summed E-state index contributed by atoms with van der Waals surface area (Å²) in [5, 5.41) is 0. The van der Waals surface area contributed by atoms with E-state index < -0.39 is 0 Å². The highest BCUT2D eigenvalue weighted by atomic mass is 16.3. The minimum atomic E-state index is -0.0169. The van der Waals surface area contributed by atoms with E-state index in [1.165, 1.54) is 6.39 Å². The molecule has 0 aromatic carbocycles. The zero-order valence-corrected chi connectivity index (χ0v) is 9.50. The van der Waals surface area contributed by atoms with Gasteiger partial charge in [-0.2, -0.15) is 0 Å². The van der Waals surface area contributed by atoms with Crippen LogP contribution >= 0.6 is 0 Å². The van der Waals surface area contributed by atoms with Crippen molar-refractivity contribution in [3.63, 3.8) is 0 Å². The third-order valence-electron chi connectivity index (χ3n) is 2.32. The van der Waals surface area contributed by atoms with E-state index in [0.29, 0.717) is 5.41 Å².